The molecule has 8 rings (SSSR count). The summed E-state index contributed by atoms with van der Waals surface area (Å²) in [5.41, 5.74) is 10.2. The molecule has 16 nitrogen and oxygen atoms in total. The third-order valence-corrected chi connectivity index (χ3v) is 15.0. The highest BCUT2D eigenvalue weighted by Gasteiger charge is 2.33. The van der Waals surface area contributed by atoms with Gasteiger partial charge in [-0.1, -0.05) is 71.7 Å². The summed E-state index contributed by atoms with van der Waals surface area (Å²) in [6.07, 6.45) is 2.41. The van der Waals surface area contributed by atoms with Gasteiger partial charge in [-0.05, 0) is 99.2 Å². The van der Waals surface area contributed by atoms with Gasteiger partial charge in [0.15, 0.2) is 5.82 Å². The van der Waals surface area contributed by atoms with Crippen LogP contribution in [0.25, 0.3) is 16.1 Å². The molecule has 0 saturated carbocycles. The number of carbonyl (C=O) groups is 4. The number of hydrogen-bond donors (Lipinski definition) is 4. The molecule has 5 N–H and O–H groups in total. The molecule has 2 atom stereocenters. The second-order valence-electron chi connectivity index (χ2n) is 18.8. The number of ether oxygens (including phenoxy) is 4. The number of amides is 3. The van der Waals surface area contributed by atoms with E-state index >= 15 is 4.39 Å². The van der Waals surface area contributed by atoms with E-state index in [4.69, 9.17) is 52.9 Å². The maximum absolute atomic E-state index is 15.6. The second kappa shape index (κ2) is 27.3. The lowest BCUT2D eigenvalue weighted by molar-refractivity contribution is -0.122. The number of nitrogens with one attached hydrogen (secondary N) is 3. The molecule has 79 heavy (non-hydrogen) atoms. The molecule has 4 heterocycles. The first-order valence-electron chi connectivity index (χ1n) is 25.7. The zero-order valence-corrected chi connectivity index (χ0v) is 46.4. The van der Waals surface area contributed by atoms with Crippen LogP contribution >= 0.6 is 34.5 Å². The minimum Gasteiger partial charge on any atom is -0.379 e. The van der Waals surface area contributed by atoms with Gasteiger partial charge in [-0.25, -0.2) is 8.78 Å². The number of primary amides is 1. The molecule has 1 aliphatic heterocycles. The van der Waals surface area contributed by atoms with Gasteiger partial charge in [0.2, 0.25) is 17.6 Å². The number of H-pyrrole nitrogens is 1. The average Bonchev–Trinajstić information content (AvgIpc) is 4.20. The monoisotopic (exact) mass is 1140 g/mol. The number of aliphatic imine (C=N–C) groups is 1. The van der Waals surface area contributed by atoms with Crippen LogP contribution in [0.2, 0.25) is 10.0 Å². The van der Waals surface area contributed by atoms with E-state index < -0.39 is 41.3 Å². The van der Waals surface area contributed by atoms with E-state index in [0.717, 1.165) is 50.9 Å². The molecule has 0 spiro atoms. The van der Waals surface area contributed by atoms with Gasteiger partial charge >= 0.3 is 0 Å². The van der Waals surface area contributed by atoms with Crippen molar-refractivity contribution in [2.45, 2.75) is 65.5 Å². The Hall–Kier alpha value is -6.97. The van der Waals surface area contributed by atoms with E-state index in [-0.39, 0.29) is 52.3 Å². The molecular formula is C58H60Cl2F2N8O8S. The summed E-state index contributed by atoms with van der Waals surface area (Å²) < 4.78 is 55.3. The van der Waals surface area contributed by atoms with E-state index in [1.165, 1.54) is 18.0 Å². The smallest absolute Gasteiger partial charge is 0.253 e. The van der Waals surface area contributed by atoms with E-state index in [1.807, 2.05) is 35.8 Å². The van der Waals surface area contributed by atoms with E-state index in [2.05, 4.69) is 39.7 Å². The van der Waals surface area contributed by atoms with Crippen LogP contribution < -0.4 is 16.4 Å². The maximum atomic E-state index is 15.6. The van der Waals surface area contributed by atoms with Gasteiger partial charge in [0.1, 0.15) is 28.5 Å². The van der Waals surface area contributed by atoms with E-state index in [9.17, 15) is 23.6 Å². The number of aryl methyl sites for hydroxylation is 3. The summed E-state index contributed by atoms with van der Waals surface area (Å²) in [5, 5.41) is 16.5. The fraction of sp³-hybridized carbons (Fsp3) is 0.328. The SMILES string of the molecule is Cc1sc2c(c1C)C(c1ccc(Cl)cc1)=N[C@@H](CC(=O)NCCOCCOCCOCCOCCCc1ccc(C(=O)c3[nH]cc(C(=O)N[C@@H](CC(N)=O)c4cccc(Cl)c4)c3-c3c(F)ccc(F)c3C)cc1)c1nnc(C)n1-2. The molecule has 3 aromatic heterocycles. The summed E-state index contributed by atoms with van der Waals surface area (Å²) in [4.78, 5) is 62.5. The fourth-order valence-electron chi connectivity index (χ4n) is 9.16. The largest absolute Gasteiger partial charge is 0.379 e. The molecular weight excluding hydrogens is 1080 g/mol. The molecule has 21 heteroatoms. The first-order chi connectivity index (χ1) is 38.1. The topological polar surface area (TPSA) is 214 Å². The first kappa shape index (κ1) is 58.2. The maximum Gasteiger partial charge on any atom is 0.253 e. The average molecular weight is 1140 g/mol. The number of carbonyl (C=O) groups excluding carboxylic acids is 4. The van der Waals surface area contributed by atoms with Crippen LogP contribution in [0.3, 0.4) is 0 Å². The number of benzene rings is 4. The summed E-state index contributed by atoms with van der Waals surface area (Å²) in [6.45, 7) is 10.8. The Morgan fingerprint density at radius 1 is 0.772 bits per heavy atom. The number of thiophene rings is 1. The molecule has 0 fully saturated rings. The molecule has 4 aromatic carbocycles. The predicted octanol–water partition coefficient (Wildman–Crippen LogP) is 9.82. The standard InChI is InChI=1S/C58H60Cl2F2N8O8S/c1-33-35(3)79-58-51(33)53(38-14-16-41(59)17-15-38)66-47(56-69-68-36(4)70(56)58)31-49(72)64-20-22-76-24-26-78-28-27-77-25-23-75-21-6-7-37-10-12-39(13-11-37)55(73)54-52(50-34(2)44(61)18-19-45(50)62)43(32-65-54)57(74)67-46(30-48(63)71)40-8-5-9-42(60)29-40/h5,8-19,29,32,46-47,65H,6-7,20-28,30-31H2,1-4H3,(H2,63,71)(H,64,72)(H,67,74)/t46-,47-/m0/s1. The Labute approximate surface area is 470 Å². The number of nitrogens with two attached hydrogens (primary N) is 1. The van der Waals surface area contributed by atoms with Crippen molar-refractivity contribution >= 4 is 63.8 Å². The van der Waals surface area contributed by atoms with Crippen LogP contribution in [-0.2, 0) is 35.0 Å². The zero-order valence-electron chi connectivity index (χ0n) is 44.1. The number of rotatable bonds is 27. The van der Waals surface area contributed by atoms with Crippen molar-refractivity contribution in [1.82, 2.24) is 30.4 Å². The third-order valence-electron chi connectivity index (χ3n) is 13.3. The van der Waals surface area contributed by atoms with Gasteiger partial charge in [-0.3, -0.25) is 28.7 Å². The summed E-state index contributed by atoms with van der Waals surface area (Å²) in [6, 6.07) is 21.4. The molecule has 0 bridgehead atoms. The predicted molar refractivity (Wildman–Crippen MR) is 299 cm³/mol. The molecule has 3 amide bonds. The lowest BCUT2D eigenvalue weighted by atomic mass is 9.92. The molecule has 414 valence electrons. The van der Waals surface area contributed by atoms with Crippen molar-refractivity contribution < 1.29 is 46.9 Å². The number of hydrogen-bond acceptors (Lipinski definition) is 12. The number of nitrogens with zero attached hydrogens (tertiary/aromatic N) is 4. The highest BCUT2D eigenvalue weighted by molar-refractivity contribution is 7.15. The molecule has 0 unspecified atom stereocenters. The minimum absolute atomic E-state index is 0.0768. The fourth-order valence-corrected chi connectivity index (χ4v) is 10.7. The number of ketones is 1. The highest BCUT2D eigenvalue weighted by atomic mass is 35.5. The van der Waals surface area contributed by atoms with Gasteiger partial charge in [-0.2, -0.15) is 0 Å². The molecule has 0 saturated heterocycles. The van der Waals surface area contributed by atoms with E-state index in [0.29, 0.717) is 93.7 Å². The van der Waals surface area contributed by atoms with Gasteiger partial charge in [0, 0.05) is 62.1 Å². The van der Waals surface area contributed by atoms with Crippen molar-refractivity contribution in [3.05, 3.63) is 180 Å². The van der Waals surface area contributed by atoms with Gasteiger partial charge in [0.05, 0.1) is 82.1 Å². The van der Waals surface area contributed by atoms with Crippen LogP contribution in [-0.4, -0.2) is 108 Å². The Morgan fingerprint density at radius 3 is 2.13 bits per heavy atom. The lowest BCUT2D eigenvalue weighted by Gasteiger charge is -2.19. The molecule has 0 aliphatic carbocycles. The highest BCUT2D eigenvalue weighted by Crippen LogP contribution is 2.40. The quantitative estimate of drug-likeness (QED) is 0.0283. The van der Waals surface area contributed by atoms with Crippen molar-refractivity contribution in [2.75, 3.05) is 59.4 Å². The number of halogens is 4. The molecule has 0 radical (unpaired) electrons. The zero-order chi connectivity index (χ0) is 56.2. The second-order valence-corrected chi connectivity index (χ2v) is 20.8. The van der Waals surface area contributed by atoms with Crippen molar-refractivity contribution in [3.8, 4) is 16.1 Å². The Morgan fingerprint density at radius 2 is 1.44 bits per heavy atom. The Bertz CT molecular complexity index is 3340. The summed E-state index contributed by atoms with van der Waals surface area (Å²) in [7, 11) is 0. The van der Waals surface area contributed by atoms with Gasteiger partial charge in [0.25, 0.3) is 5.91 Å². The van der Waals surface area contributed by atoms with Crippen molar-refractivity contribution in [2.24, 2.45) is 10.7 Å². The van der Waals surface area contributed by atoms with Crippen molar-refractivity contribution in [3.63, 3.8) is 0 Å². The van der Waals surface area contributed by atoms with Crippen LogP contribution in [0.15, 0.2) is 96.1 Å². The van der Waals surface area contributed by atoms with Crippen LogP contribution in [0.4, 0.5) is 8.78 Å². The third kappa shape index (κ3) is 14.5. The summed E-state index contributed by atoms with van der Waals surface area (Å²) in [5.74, 6) is -2.44. The minimum atomic E-state index is -0.915. The van der Waals surface area contributed by atoms with Crippen molar-refractivity contribution in [1.29, 1.82) is 0 Å². The van der Waals surface area contributed by atoms with E-state index in [1.54, 1.807) is 59.9 Å². The first-order valence-corrected chi connectivity index (χ1v) is 27.2. The van der Waals surface area contributed by atoms with Crippen LogP contribution in [0.5, 0.6) is 0 Å². The Balaban J connectivity index is 0.718. The Kier molecular flexibility index (Phi) is 20.1. The normalized spacial score (nSPS) is 13.3. The molecule has 7 aromatic rings. The molecule has 1 aliphatic rings. The number of aromatic nitrogens is 4. The number of fused-ring (bicyclic) bond motifs is 3. The van der Waals surface area contributed by atoms with Crippen LogP contribution in [0, 0.1) is 39.3 Å². The van der Waals surface area contributed by atoms with Crippen LogP contribution in [0.1, 0.15) is 108 Å². The van der Waals surface area contributed by atoms with Gasteiger partial charge < -0.3 is 40.3 Å². The lowest BCUT2D eigenvalue weighted by Crippen LogP contribution is -2.32. The summed E-state index contributed by atoms with van der Waals surface area (Å²) >= 11 is 14.1. The van der Waals surface area contributed by atoms with Gasteiger partial charge in [-0.15, -0.1) is 21.5 Å². The number of aromatic amines is 1.